The Morgan fingerprint density at radius 3 is 2.79 bits per heavy atom. The monoisotopic (exact) mass is 260 g/mol. The van der Waals surface area contributed by atoms with Gasteiger partial charge in [0.25, 0.3) is 0 Å². The van der Waals surface area contributed by atoms with Gasteiger partial charge in [-0.2, -0.15) is 0 Å². The Balaban J connectivity index is 1.59. The van der Waals surface area contributed by atoms with Crippen molar-refractivity contribution in [1.29, 1.82) is 0 Å². The van der Waals surface area contributed by atoms with Crippen LogP contribution in [-0.2, 0) is 6.54 Å². The fourth-order valence-corrected chi connectivity index (χ4v) is 3.06. The van der Waals surface area contributed by atoms with Gasteiger partial charge in [0.2, 0.25) is 0 Å². The molecule has 19 heavy (non-hydrogen) atoms. The van der Waals surface area contributed by atoms with Crippen molar-refractivity contribution in [1.82, 2.24) is 15.2 Å². The minimum absolute atomic E-state index is 0.602. The van der Waals surface area contributed by atoms with E-state index in [0.29, 0.717) is 6.04 Å². The Bertz CT molecular complexity index is 397. The second-order valence-electron chi connectivity index (χ2n) is 5.81. The molecule has 2 aliphatic rings. The molecular formula is C15H24N4. The third kappa shape index (κ3) is 3.25. The number of piperazine rings is 1. The number of nitrogens with one attached hydrogen (secondary N) is 1. The number of hydrogen-bond donors (Lipinski definition) is 1. The molecule has 3 heterocycles. The molecule has 4 heteroatoms. The van der Waals surface area contributed by atoms with Gasteiger partial charge < -0.3 is 10.2 Å². The molecule has 0 amide bonds. The van der Waals surface area contributed by atoms with E-state index in [1.165, 1.54) is 31.5 Å². The molecule has 2 fully saturated rings. The molecule has 3 rings (SSSR count). The highest BCUT2D eigenvalue weighted by atomic mass is 15.2. The Labute approximate surface area is 115 Å². The van der Waals surface area contributed by atoms with E-state index in [1.807, 2.05) is 0 Å². The van der Waals surface area contributed by atoms with Crippen LogP contribution in [0.4, 0.5) is 5.82 Å². The minimum Gasteiger partial charge on any atom is -0.357 e. The topological polar surface area (TPSA) is 31.4 Å². The van der Waals surface area contributed by atoms with Crippen LogP contribution in [0.5, 0.6) is 0 Å². The molecule has 1 aromatic rings. The van der Waals surface area contributed by atoms with Crippen molar-refractivity contribution in [2.45, 2.75) is 32.4 Å². The highest BCUT2D eigenvalue weighted by Crippen LogP contribution is 2.18. The van der Waals surface area contributed by atoms with Crippen molar-refractivity contribution >= 4 is 5.82 Å². The quantitative estimate of drug-likeness (QED) is 0.892. The van der Waals surface area contributed by atoms with Crippen molar-refractivity contribution in [3.05, 3.63) is 23.9 Å². The largest absolute Gasteiger partial charge is 0.357 e. The molecule has 2 saturated heterocycles. The first-order valence-electron chi connectivity index (χ1n) is 7.47. The number of nitrogens with zero attached hydrogens (tertiary/aromatic N) is 3. The molecule has 0 aliphatic carbocycles. The summed E-state index contributed by atoms with van der Waals surface area (Å²) in [7, 11) is 0. The highest BCUT2D eigenvalue weighted by molar-refractivity contribution is 5.40. The zero-order chi connectivity index (χ0) is 13.1. The molecule has 0 aromatic carbocycles. The zero-order valence-electron chi connectivity index (χ0n) is 11.8. The van der Waals surface area contributed by atoms with Crippen LogP contribution in [0.3, 0.4) is 0 Å². The van der Waals surface area contributed by atoms with Gasteiger partial charge in [-0.3, -0.25) is 4.90 Å². The van der Waals surface area contributed by atoms with Gasteiger partial charge in [-0.05, 0) is 31.4 Å². The molecule has 0 bridgehead atoms. The molecular weight excluding hydrogens is 236 g/mol. The first kappa shape index (κ1) is 12.9. The predicted molar refractivity (Wildman–Crippen MR) is 78.4 cm³/mol. The smallest absolute Gasteiger partial charge is 0.128 e. The Kier molecular flexibility index (Phi) is 3.99. The molecule has 1 aromatic heterocycles. The number of hydrogen-bond acceptors (Lipinski definition) is 4. The van der Waals surface area contributed by atoms with E-state index >= 15 is 0 Å². The lowest BCUT2D eigenvalue weighted by Crippen LogP contribution is -2.48. The van der Waals surface area contributed by atoms with E-state index in [0.717, 1.165) is 32.0 Å². The van der Waals surface area contributed by atoms with Gasteiger partial charge in [0.1, 0.15) is 5.82 Å². The van der Waals surface area contributed by atoms with Crippen molar-refractivity contribution in [2.75, 3.05) is 37.6 Å². The third-order valence-electron chi connectivity index (χ3n) is 4.10. The summed E-state index contributed by atoms with van der Waals surface area (Å²) in [6.45, 7) is 8.98. The van der Waals surface area contributed by atoms with Gasteiger partial charge in [0, 0.05) is 51.5 Å². The summed E-state index contributed by atoms with van der Waals surface area (Å²) in [5.74, 6) is 1.15. The third-order valence-corrected chi connectivity index (χ3v) is 4.10. The minimum atomic E-state index is 0.602. The summed E-state index contributed by atoms with van der Waals surface area (Å²) in [4.78, 5) is 9.52. The van der Waals surface area contributed by atoms with E-state index in [-0.39, 0.29) is 0 Å². The molecule has 1 atom stereocenters. The fourth-order valence-electron chi connectivity index (χ4n) is 3.06. The van der Waals surface area contributed by atoms with Crippen molar-refractivity contribution in [2.24, 2.45) is 0 Å². The summed E-state index contributed by atoms with van der Waals surface area (Å²) < 4.78 is 0. The maximum atomic E-state index is 4.63. The van der Waals surface area contributed by atoms with Gasteiger partial charge in [0.05, 0.1) is 0 Å². The van der Waals surface area contributed by atoms with Crippen LogP contribution in [0.25, 0.3) is 0 Å². The Hall–Kier alpha value is -1.13. The molecule has 0 saturated carbocycles. The molecule has 4 nitrogen and oxygen atoms in total. The Morgan fingerprint density at radius 1 is 1.26 bits per heavy atom. The van der Waals surface area contributed by atoms with E-state index in [2.05, 4.69) is 45.4 Å². The second kappa shape index (κ2) is 5.88. The fraction of sp³-hybridized carbons (Fsp3) is 0.667. The molecule has 2 aliphatic heterocycles. The SMILES string of the molecule is CC1CN(Cc2ccc(N3CCCC3)nc2)CCN1. The van der Waals surface area contributed by atoms with Gasteiger partial charge in [0.15, 0.2) is 0 Å². The molecule has 1 N–H and O–H groups in total. The summed E-state index contributed by atoms with van der Waals surface area (Å²) in [5, 5.41) is 3.48. The summed E-state index contributed by atoms with van der Waals surface area (Å²) in [6.07, 6.45) is 4.67. The molecule has 0 radical (unpaired) electrons. The summed E-state index contributed by atoms with van der Waals surface area (Å²) in [5.41, 5.74) is 1.33. The normalized spacial score (nSPS) is 24.9. The zero-order valence-corrected chi connectivity index (χ0v) is 11.8. The van der Waals surface area contributed by atoms with Crippen molar-refractivity contribution < 1.29 is 0 Å². The highest BCUT2D eigenvalue weighted by Gasteiger charge is 2.16. The lowest BCUT2D eigenvalue weighted by molar-refractivity contribution is 0.199. The van der Waals surface area contributed by atoms with Crippen LogP contribution >= 0.6 is 0 Å². The molecule has 104 valence electrons. The number of anilines is 1. The lowest BCUT2D eigenvalue weighted by atomic mass is 10.2. The number of rotatable bonds is 3. The van der Waals surface area contributed by atoms with Crippen LogP contribution in [0.1, 0.15) is 25.3 Å². The van der Waals surface area contributed by atoms with Crippen LogP contribution in [-0.4, -0.2) is 48.6 Å². The van der Waals surface area contributed by atoms with Crippen LogP contribution in [0.2, 0.25) is 0 Å². The van der Waals surface area contributed by atoms with Crippen LogP contribution in [0.15, 0.2) is 18.3 Å². The summed E-state index contributed by atoms with van der Waals surface area (Å²) in [6, 6.07) is 5.03. The van der Waals surface area contributed by atoms with E-state index in [1.54, 1.807) is 0 Å². The maximum Gasteiger partial charge on any atom is 0.128 e. The number of pyridine rings is 1. The first-order valence-corrected chi connectivity index (χ1v) is 7.47. The Morgan fingerprint density at radius 2 is 2.11 bits per heavy atom. The maximum absolute atomic E-state index is 4.63. The van der Waals surface area contributed by atoms with Gasteiger partial charge in [-0.25, -0.2) is 4.98 Å². The molecule has 0 spiro atoms. The lowest BCUT2D eigenvalue weighted by Gasteiger charge is -2.31. The van der Waals surface area contributed by atoms with E-state index < -0.39 is 0 Å². The van der Waals surface area contributed by atoms with Crippen LogP contribution in [0, 0.1) is 0 Å². The standard InChI is InChI=1S/C15H24N4/c1-13-11-18(9-6-16-13)12-14-4-5-15(17-10-14)19-7-2-3-8-19/h4-5,10,13,16H,2-3,6-9,11-12H2,1H3. The van der Waals surface area contributed by atoms with Crippen LogP contribution < -0.4 is 10.2 Å². The van der Waals surface area contributed by atoms with E-state index in [4.69, 9.17) is 0 Å². The van der Waals surface area contributed by atoms with Gasteiger partial charge >= 0.3 is 0 Å². The van der Waals surface area contributed by atoms with Gasteiger partial charge in [-0.15, -0.1) is 0 Å². The average molecular weight is 260 g/mol. The first-order chi connectivity index (χ1) is 9.31. The van der Waals surface area contributed by atoms with Gasteiger partial charge in [-0.1, -0.05) is 6.07 Å². The average Bonchev–Trinajstić information content (AvgIpc) is 2.94. The van der Waals surface area contributed by atoms with Crippen molar-refractivity contribution in [3.63, 3.8) is 0 Å². The summed E-state index contributed by atoms with van der Waals surface area (Å²) >= 11 is 0. The second-order valence-corrected chi connectivity index (χ2v) is 5.81. The van der Waals surface area contributed by atoms with E-state index in [9.17, 15) is 0 Å². The van der Waals surface area contributed by atoms with Crippen molar-refractivity contribution in [3.8, 4) is 0 Å². The number of aromatic nitrogens is 1. The predicted octanol–water partition coefficient (Wildman–Crippen LogP) is 1.48. The molecule has 1 unspecified atom stereocenters.